The molecule has 2 amide bonds. The van der Waals surface area contributed by atoms with Gasteiger partial charge in [-0.15, -0.1) is 0 Å². The molecule has 4 aliphatic rings. The summed E-state index contributed by atoms with van der Waals surface area (Å²) in [5, 5.41) is 7.12. The van der Waals surface area contributed by atoms with Crippen LogP contribution in [0.15, 0.2) is 0 Å². The first-order valence-electron chi connectivity index (χ1n) is 11.4. The number of amides is 2. The number of carboxylic acid groups (broad SMARTS) is 1. The zero-order valence-corrected chi connectivity index (χ0v) is 19.4. The van der Waals surface area contributed by atoms with Crippen LogP contribution in [0.4, 0.5) is 17.6 Å². The Bertz CT molecular complexity index is 791. The van der Waals surface area contributed by atoms with Crippen molar-refractivity contribution in [3.05, 3.63) is 0 Å². The molecule has 4 rings (SSSR count). The molecule has 0 aromatic heterocycles. The summed E-state index contributed by atoms with van der Waals surface area (Å²) in [6.45, 7) is 9.25. The molecule has 33 heavy (non-hydrogen) atoms. The maximum Gasteiger partial charge on any atom is 0.490 e. The van der Waals surface area contributed by atoms with Gasteiger partial charge in [0.05, 0.1) is 5.41 Å². The number of fused-ring (bicyclic) bond motifs is 1. The molecule has 3 aliphatic heterocycles. The Labute approximate surface area is 191 Å². The highest BCUT2D eigenvalue weighted by atomic mass is 19.4. The van der Waals surface area contributed by atoms with Crippen molar-refractivity contribution in [2.45, 2.75) is 57.8 Å². The molecule has 188 valence electrons. The van der Waals surface area contributed by atoms with Crippen LogP contribution in [0.2, 0.25) is 0 Å². The van der Waals surface area contributed by atoms with Gasteiger partial charge < -0.3 is 19.8 Å². The summed E-state index contributed by atoms with van der Waals surface area (Å²) in [5.41, 5.74) is -1.95. The highest BCUT2D eigenvalue weighted by molar-refractivity contribution is 5.88. The second-order valence-electron chi connectivity index (χ2n) is 10.5. The van der Waals surface area contributed by atoms with E-state index in [1.807, 2.05) is 11.9 Å². The minimum atomic E-state index is -5.08. The van der Waals surface area contributed by atoms with Crippen LogP contribution < -0.4 is 0 Å². The molecule has 0 radical (unpaired) electrons. The first-order valence-corrected chi connectivity index (χ1v) is 11.4. The van der Waals surface area contributed by atoms with Crippen molar-refractivity contribution in [1.29, 1.82) is 0 Å². The van der Waals surface area contributed by atoms with Crippen LogP contribution >= 0.6 is 0 Å². The highest BCUT2D eigenvalue weighted by Gasteiger charge is 2.65. The van der Waals surface area contributed by atoms with Crippen LogP contribution in [-0.2, 0) is 14.4 Å². The van der Waals surface area contributed by atoms with Gasteiger partial charge in [-0.2, -0.15) is 13.2 Å². The predicted molar refractivity (Wildman–Crippen MR) is 111 cm³/mol. The van der Waals surface area contributed by atoms with Crippen molar-refractivity contribution in [1.82, 2.24) is 14.7 Å². The number of nitrogens with zero attached hydrogens (tertiary/aromatic N) is 3. The number of alkyl halides is 4. The van der Waals surface area contributed by atoms with Crippen molar-refractivity contribution in [2.75, 3.05) is 46.3 Å². The van der Waals surface area contributed by atoms with Gasteiger partial charge in [-0.1, -0.05) is 13.8 Å². The fraction of sp³-hybridized carbons (Fsp3) is 0.864. The molecule has 1 aliphatic carbocycles. The van der Waals surface area contributed by atoms with Crippen molar-refractivity contribution in [2.24, 2.45) is 16.7 Å². The van der Waals surface area contributed by atoms with Gasteiger partial charge in [0.25, 0.3) is 5.91 Å². The standard InChI is InChI=1S/C20H32FN3O2.C2HF3O2/c1-15(2)12-23-13-18(19(14-23)8-9-22(3)16(19)25)6-10-24(11-7-18)17(26)20(21)4-5-20;3-2(4,5)1(6)7/h15H,4-14H2,1-3H3;(H,6,7). The Balaban J connectivity index is 0.000000383. The number of hydrogen-bond acceptors (Lipinski definition) is 4. The van der Waals surface area contributed by atoms with E-state index in [-0.39, 0.29) is 22.6 Å². The fourth-order valence-corrected chi connectivity index (χ4v) is 5.78. The Morgan fingerprint density at radius 2 is 1.58 bits per heavy atom. The number of halogens is 4. The van der Waals surface area contributed by atoms with Crippen LogP contribution in [0.3, 0.4) is 0 Å². The lowest BCUT2D eigenvalue weighted by atomic mass is 9.60. The largest absolute Gasteiger partial charge is 0.490 e. The number of carbonyl (C=O) groups excluding carboxylic acids is 2. The Kier molecular flexibility index (Phi) is 6.78. The Morgan fingerprint density at radius 1 is 1.03 bits per heavy atom. The molecule has 11 heteroatoms. The summed E-state index contributed by atoms with van der Waals surface area (Å²) in [6, 6.07) is 0. The monoisotopic (exact) mass is 479 g/mol. The Hall–Kier alpha value is -1.91. The zero-order valence-electron chi connectivity index (χ0n) is 19.4. The quantitative estimate of drug-likeness (QED) is 0.630. The number of likely N-dealkylation sites (tertiary alicyclic amines) is 3. The first kappa shape index (κ1) is 25.7. The number of aliphatic carboxylic acids is 1. The highest BCUT2D eigenvalue weighted by Crippen LogP contribution is 2.58. The van der Waals surface area contributed by atoms with Gasteiger partial charge in [0.1, 0.15) is 0 Å². The molecule has 1 saturated carbocycles. The van der Waals surface area contributed by atoms with Gasteiger partial charge in [0, 0.05) is 51.7 Å². The van der Waals surface area contributed by atoms with Gasteiger partial charge in [0.2, 0.25) is 5.91 Å². The molecule has 7 nitrogen and oxygen atoms in total. The molecule has 3 heterocycles. The van der Waals surface area contributed by atoms with E-state index in [2.05, 4.69) is 18.7 Å². The summed E-state index contributed by atoms with van der Waals surface area (Å²) in [5.74, 6) is -2.21. The summed E-state index contributed by atoms with van der Waals surface area (Å²) in [7, 11) is 1.91. The number of carboxylic acids is 1. The van der Waals surface area contributed by atoms with E-state index in [0.29, 0.717) is 31.8 Å². The average Bonchev–Trinajstić information content (AvgIpc) is 3.32. The van der Waals surface area contributed by atoms with Gasteiger partial charge in [-0.3, -0.25) is 9.59 Å². The third-order valence-corrected chi connectivity index (χ3v) is 7.61. The SMILES string of the molecule is CC(C)CN1CC2(CCN(C(=O)C3(F)CC3)CC2)C2(CCN(C)C2=O)C1.O=C(O)C(F)(F)F. The van der Waals surface area contributed by atoms with E-state index in [0.717, 1.165) is 45.4 Å². The molecule has 0 aromatic carbocycles. The normalized spacial score (nSPS) is 28.4. The predicted octanol–water partition coefficient (Wildman–Crippen LogP) is 2.55. The number of piperidine rings is 1. The van der Waals surface area contributed by atoms with Crippen molar-refractivity contribution >= 4 is 17.8 Å². The molecule has 3 saturated heterocycles. The van der Waals surface area contributed by atoms with E-state index in [1.165, 1.54) is 0 Å². The first-order chi connectivity index (χ1) is 15.2. The van der Waals surface area contributed by atoms with Crippen LogP contribution in [-0.4, -0.2) is 95.8 Å². The third-order valence-electron chi connectivity index (χ3n) is 7.61. The van der Waals surface area contributed by atoms with Crippen LogP contribution in [0.1, 0.15) is 46.0 Å². The minimum Gasteiger partial charge on any atom is -0.475 e. The third kappa shape index (κ3) is 4.83. The topological polar surface area (TPSA) is 81.2 Å². The molecule has 0 aromatic rings. The second kappa shape index (κ2) is 8.70. The van der Waals surface area contributed by atoms with Gasteiger partial charge in [-0.25, -0.2) is 9.18 Å². The molecule has 2 spiro atoms. The zero-order chi connectivity index (χ0) is 24.8. The summed E-state index contributed by atoms with van der Waals surface area (Å²) in [6.07, 6.45) is -1.77. The van der Waals surface area contributed by atoms with Crippen LogP contribution in [0.5, 0.6) is 0 Å². The van der Waals surface area contributed by atoms with Gasteiger partial charge in [0.15, 0.2) is 5.67 Å². The molecular formula is C22H33F4N3O4. The number of rotatable bonds is 3. The molecular weight excluding hydrogens is 446 g/mol. The van der Waals surface area contributed by atoms with Crippen molar-refractivity contribution in [3.63, 3.8) is 0 Å². The van der Waals surface area contributed by atoms with Gasteiger partial charge >= 0.3 is 12.1 Å². The molecule has 1 unspecified atom stereocenters. The lowest BCUT2D eigenvalue weighted by Gasteiger charge is -2.47. The minimum absolute atomic E-state index is 0.0620. The van der Waals surface area contributed by atoms with E-state index in [1.54, 1.807) is 4.90 Å². The van der Waals surface area contributed by atoms with E-state index in [4.69, 9.17) is 9.90 Å². The number of carbonyl (C=O) groups is 3. The molecule has 0 bridgehead atoms. The molecule has 1 atom stereocenters. The summed E-state index contributed by atoms with van der Waals surface area (Å²) in [4.78, 5) is 40.5. The summed E-state index contributed by atoms with van der Waals surface area (Å²) < 4.78 is 45.9. The molecule has 1 N–H and O–H groups in total. The van der Waals surface area contributed by atoms with E-state index in [9.17, 15) is 27.2 Å². The van der Waals surface area contributed by atoms with Gasteiger partial charge in [-0.05, 0) is 38.0 Å². The lowest BCUT2D eigenvalue weighted by molar-refractivity contribution is -0.192. The van der Waals surface area contributed by atoms with Crippen LogP contribution in [0, 0.1) is 16.7 Å². The smallest absolute Gasteiger partial charge is 0.475 e. The fourth-order valence-electron chi connectivity index (χ4n) is 5.78. The number of hydrogen-bond donors (Lipinski definition) is 1. The lowest BCUT2D eigenvalue weighted by Crippen LogP contribution is -2.54. The maximum absolute atomic E-state index is 14.2. The average molecular weight is 480 g/mol. The maximum atomic E-state index is 14.2. The van der Waals surface area contributed by atoms with Crippen molar-refractivity contribution in [3.8, 4) is 0 Å². The summed E-state index contributed by atoms with van der Waals surface area (Å²) >= 11 is 0. The van der Waals surface area contributed by atoms with Crippen LogP contribution in [0.25, 0.3) is 0 Å². The molecule has 4 fully saturated rings. The Morgan fingerprint density at radius 3 is 1.97 bits per heavy atom. The van der Waals surface area contributed by atoms with Crippen molar-refractivity contribution < 1.29 is 37.1 Å². The van der Waals surface area contributed by atoms with E-state index >= 15 is 0 Å². The van der Waals surface area contributed by atoms with E-state index < -0.39 is 17.8 Å². The second-order valence-corrected chi connectivity index (χ2v) is 10.5.